The molecule has 3 rings (SSSR count). The quantitative estimate of drug-likeness (QED) is 0.391. The number of fused-ring (bicyclic) bond motifs is 1. The van der Waals surface area contributed by atoms with Crippen LogP contribution in [0.3, 0.4) is 0 Å². The highest BCUT2D eigenvalue weighted by Gasteiger charge is 2.13. The second-order valence-corrected chi connectivity index (χ2v) is 6.66. The van der Waals surface area contributed by atoms with E-state index in [1.807, 2.05) is 55.5 Å². The standard InChI is InChI=1S/C19H20N2OS/c1-3-4-12-23-19-20-17-11-6-5-10-16(17)18(22)21(19)15-9-7-8-14(2)13-15/h5-11,13H,3-4,12H2,1-2H3. The number of rotatable bonds is 5. The van der Waals surface area contributed by atoms with Gasteiger partial charge in [0.2, 0.25) is 0 Å². The van der Waals surface area contributed by atoms with Crippen LogP contribution >= 0.6 is 11.8 Å². The number of nitrogens with zero attached hydrogens (tertiary/aromatic N) is 2. The molecule has 2 aromatic carbocycles. The van der Waals surface area contributed by atoms with E-state index in [9.17, 15) is 4.79 Å². The van der Waals surface area contributed by atoms with E-state index in [-0.39, 0.29) is 5.56 Å². The van der Waals surface area contributed by atoms with Crippen LogP contribution in [0.5, 0.6) is 0 Å². The van der Waals surface area contributed by atoms with Gasteiger partial charge in [0.1, 0.15) is 0 Å². The van der Waals surface area contributed by atoms with E-state index in [1.54, 1.807) is 16.3 Å². The Morgan fingerprint density at radius 2 is 1.96 bits per heavy atom. The highest BCUT2D eigenvalue weighted by Crippen LogP contribution is 2.22. The summed E-state index contributed by atoms with van der Waals surface area (Å²) in [5, 5.41) is 1.43. The Labute approximate surface area is 140 Å². The smallest absolute Gasteiger partial charge is 0.266 e. The maximum Gasteiger partial charge on any atom is 0.266 e. The summed E-state index contributed by atoms with van der Waals surface area (Å²) in [4.78, 5) is 17.7. The number of benzene rings is 2. The molecule has 3 nitrogen and oxygen atoms in total. The van der Waals surface area contributed by atoms with Gasteiger partial charge in [-0.25, -0.2) is 4.98 Å². The third-order valence-corrected chi connectivity index (χ3v) is 4.76. The third kappa shape index (κ3) is 3.32. The zero-order valence-electron chi connectivity index (χ0n) is 13.5. The fourth-order valence-corrected chi connectivity index (χ4v) is 3.61. The number of aromatic nitrogens is 2. The minimum atomic E-state index is 0.000184. The molecule has 0 bridgehead atoms. The molecule has 0 amide bonds. The number of aryl methyl sites for hydroxylation is 1. The molecule has 23 heavy (non-hydrogen) atoms. The first-order chi connectivity index (χ1) is 11.2. The van der Waals surface area contributed by atoms with Gasteiger partial charge in [-0.1, -0.05) is 49.4 Å². The molecule has 0 unspecified atom stereocenters. The van der Waals surface area contributed by atoms with E-state index >= 15 is 0 Å². The van der Waals surface area contributed by atoms with Crippen molar-refractivity contribution in [3.63, 3.8) is 0 Å². The van der Waals surface area contributed by atoms with E-state index in [2.05, 4.69) is 6.92 Å². The van der Waals surface area contributed by atoms with Crippen molar-refractivity contribution in [1.82, 2.24) is 9.55 Å². The van der Waals surface area contributed by atoms with Gasteiger partial charge >= 0.3 is 0 Å². The largest absolute Gasteiger partial charge is 0.268 e. The second-order valence-electron chi connectivity index (χ2n) is 5.59. The number of thioether (sulfide) groups is 1. The van der Waals surface area contributed by atoms with Gasteiger partial charge in [0, 0.05) is 5.75 Å². The molecular formula is C19H20N2OS. The van der Waals surface area contributed by atoms with E-state index < -0.39 is 0 Å². The Morgan fingerprint density at radius 3 is 2.74 bits per heavy atom. The van der Waals surface area contributed by atoms with Crippen molar-refractivity contribution in [2.45, 2.75) is 31.8 Å². The molecule has 118 valence electrons. The normalized spacial score (nSPS) is 11.0. The Bertz CT molecular complexity index is 886. The van der Waals surface area contributed by atoms with Crippen molar-refractivity contribution in [2.24, 2.45) is 0 Å². The Kier molecular flexibility index (Phi) is 4.82. The van der Waals surface area contributed by atoms with Crippen LogP contribution in [0.1, 0.15) is 25.3 Å². The second kappa shape index (κ2) is 7.01. The van der Waals surface area contributed by atoms with Crippen LogP contribution in [0.25, 0.3) is 16.6 Å². The number of para-hydroxylation sites is 1. The summed E-state index contributed by atoms with van der Waals surface area (Å²) >= 11 is 1.65. The SMILES string of the molecule is CCCCSc1nc2ccccc2c(=O)n1-c1cccc(C)c1. The number of unbranched alkanes of at least 4 members (excludes halogenated alkanes) is 1. The predicted octanol–water partition coefficient (Wildman–Crippen LogP) is 4.59. The zero-order valence-corrected chi connectivity index (χ0v) is 14.3. The highest BCUT2D eigenvalue weighted by atomic mass is 32.2. The lowest BCUT2D eigenvalue weighted by atomic mass is 10.2. The van der Waals surface area contributed by atoms with Crippen molar-refractivity contribution >= 4 is 22.7 Å². The van der Waals surface area contributed by atoms with Crippen LogP contribution < -0.4 is 5.56 Å². The summed E-state index contributed by atoms with van der Waals surface area (Å²) < 4.78 is 1.75. The topological polar surface area (TPSA) is 34.9 Å². The molecule has 0 atom stereocenters. The lowest BCUT2D eigenvalue weighted by Crippen LogP contribution is -2.21. The van der Waals surface area contributed by atoms with Gasteiger partial charge in [-0.15, -0.1) is 0 Å². The Hall–Kier alpha value is -2.07. The third-order valence-electron chi connectivity index (χ3n) is 3.73. The minimum Gasteiger partial charge on any atom is -0.268 e. The monoisotopic (exact) mass is 324 g/mol. The molecule has 0 N–H and O–H groups in total. The first kappa shape index (κ1) is 15.8. The molecule has 4 heteroatoms. The number of hydrogen-bond donors (Lipinski definition) is 0. The molecule has 0 spiro atoms. The van der Waals surface area contributed by atoms with Crippen LogP contribution in [0.4, 0.5) is 0 Å². The van der Waals surface area contributed by atoms with Crippen molar-refractivity contribution in [3.8, 4) is 5.69 Å². The lowest BCUT2D eigenvalue weighted by Gasteiger charge is -2.13. The summed E-state index contributed by atoms with van der Waals surface area (Å²) in [6.07, 6.45) is 2.25. The average Bonchev–Trinajstić information content (AvgIpc) is 2.55. The van der Waals surface area contributed by atoms with Crippen LogP contribution in [0.2, 0.25) is 0 Å². The van der Waals surface area contributed by atoms with Gasteiger partial charge in [0.25, 0.3) is 5.56 Å². The van der Waals surface area contributed by atoms with Gasteiger partial charge < -0.3 is 0 Å². The van der Waals surface area contributed by atoms with Crippen molar-refractivity contribution in [2.75, 3.05) is 5.75 Å². The number of hydrogen-bond acceptors (Lipinski definition) is 3. The van der Waals surface area contributed by atoms with Gasteiger partial charge in [0.15, 0.2) is 5.16 Å². The first-order valence-corrected chi connectivity index (χ1v) is 8.91. The highest BCUT2D eigenvalue weighted by molar-refractivity contribution is 7.99. The van der Waals surface area contributed by atoms with Gasteiger partial charge in [-0.05, 0) is 43.2 Å². The summed E-state index contributed by atoms with van der Waals surface area (Å²) in [5.41, 5.74) is 2.78. The molecule has 3 aromatic rings. The van der Waals surface area contributed by atoms with Crippen LogP contribution in [-0.4, -0.2) is 15.3 Å². The molecule has 0 radical (unpaired) electrons. The molecule has 0 aliphatic carbocycles. The lowest BCUT2D eigenvalue weighted by molar-refractivity contribution is 0.813. The summed E-state index contributed by atoms with van der Waals surface area (Å²) in [7, 11) is 0. The van der Waals surface area contributed by atoms with Crippen molar-refractivity contribution < 1.29 is 0 Å². The Morgan fingerprint density at radius 1 is 1.13 bits per heavy atom. The molecular weight excluding hydrogens is 304 g/mol. The molecule has 0 fully saturated rings. The summed E-state index contributed by atoms with van der Waals surface area (Å²) in [6.45, 7) is 4.20. The zero-order chi connectivity index (χ0) is 16.2. The van der Waals surface area contributed by atoms with Gasteiger partial charge in [0.05, 0.1) is 16.6 Å². The summed E-state index contributed by atoms with van der Waals surface area (Å²) in [5.74, 6) is 0.965. The van der Waals surface area contributed by atoms with Gasteiger partial charge in [-0.3, -0.25) is 9.36 Å². The molecule has 1 heterocycles. The maximum atomic E-state index is 13.0. The molecule has 0 saturated carbocycles. The van der Waals surface area contributed by atoms with Crippen molar-refractivity contribution in [3.05, 3.63) is 64.4 Å². The molecule has 1 aromatic heterocycles. The first-order valence-electron chi connectivity index (χ1n) is 7.92. The van der Waals surface area contributed by atoms with Crippen LogP contribution in [0.15, 0.2) is 58.5 Å². The minimum absolute atomic E-state index is 0.000184. The fourth-order valence-electron chi connectivity index (χ4n) is 2.51. The van der Waals surface area contributed by atoms with Crippen LogP contribution in [0, 0.1) is 6.92 Å². The molecule has 0 aliphatic heterocycles. The fraction of sp³-hybridized carbons (Fsp3) is 0.263. The van der Waals surface area contributed by atoms with Gasteiger partial charge in [-0.2, -0.15) is 0 Å². The molecule has 0 aliphatic rings. The summed E-state index contributed by atoms with van der Waals surface area (Å²) in [6, 6.07) is 15.6. The van der Waals surface area contributed by atoms with Crippen LogP contribution in [-0.2, 0) is 0 Å². The predicted molar refractivity (Wildman–Crippen MR) is 97.7 cm³/mol. The van der Waals surface area contributed by atoms with Crippen molar-refractivity contribution in [1.29, 1.82) is 0 Å². The maximum absolute atomic E-state index is 13.0. The molecule has 0 saturated heterocycles. The van der Waals surface area contributed by atoms with E-state index in [1.165, 1.54) is 0 Å². The Balaban J connectivity index is 2.21. The van der Waals surface area contributed by atoms with E-state index in [0.29, 0.717) is 5.39 Å². The average molecular weight is 324 g/mol. The van der Waals surface area contributed by atoms with E-state index in [4.69, 9.17) is 4.98 Å². The van der Waals surface area contributed by atoms with E-state index in [0.717, 1.165) is 40.5 Å².